The first kappa shape index (κ1) is 18.2. The summed E-state index contributed by atoms with van der Waals surface area (Å²) in [5.41, 5.74) is 4.54. The van der Waals surface area contributed by atoms with Crippen LogP contribution >= 0.6 is 11.6 Å². The molecule has 0 amide bonds. The minimum atomic E-state index is -0.0437. The summed E-state index contributed by atoms with van der Waals surface area (Å²) in [5, 5.41) is 0.734. The maximum atomic E-state index is 11.9. The topological polar surface area (TPSA) is 25.2 Å². The number of aldehydes is 1. The molecule has 134 valence electrons. The molecule has 1 saturated heterocycles. The SMILES string of the molecule is Cc1cc(C(C=O)CC2CCCCN2C)c(C)n1-c1ccc(Cl)cc1. The van der Waals surface area contributed by atoms with Crippen LogP contribution in [-0.4, -0.2) is 35.4 Å². The van der Waals surface area contributed by atoms with Crippen LogP contribution in [0.15, 0.2) is 30.3 Å². The molecule has 1 fully saturated rings. The van der Waals surface area contributed by atoms with Crippen LogP contribution in [0.2, 0.25) is 5.02 Å². The normalized spacial score (nSPS) is 19.8. The third-order valence-corrected chi connectivity index (χ3v) is 5.82. The van der Waals surface area contributed by atoms with E-state index in [4.69, 9.17) is 11.6 Å². The van der Waals surface area contributed by atoms with Gasteiger partial charge in [-0.15, -0.1) is 0 Å². The monoisotopic (exact) mass is 358 g/mol. The number of aromatic nitrogens is 1. The number of carbonyl (C=O) groups excluding carboxylic acids is 1. The minimum absolute atomic E-state index is 0.0437. The van der Waals surface area contributed by atoms with Gasteiger partial charge in [0.2, 0.25) is 0 Å². The van der Waals surface area contributed by atoms with E-state index in [-0.39, 0.29) is 5.92 Å². The molecule has 0 bridgehead atoms. The lowest BCUT2D eigenvalue weighted by Crippen LogP contribution is -2.37. The molecule has 0 saturated carbocycles. The fraction of sp³-hybridized carbons (Fsp3) is 0.476. The number of carbonyl (C=O) groups is 1. The van der Waals surface area contributed by atoms with Gasteiger partial charge in [0, 0.05) is 34.1 Å². The number of nitrogens with zero attached hydrogens (tertiary/aromatic N) is 2. The molecule has 0 radical (unpaired) electrons. The van der Waals surface area contributed by atoms with E-state index in [1.54, 1.807) is 0 Å². The van der Waals surface area contributed by atoms with E-state index in [2.05, 4.69) is 36.4 Å². The lowest BCUT2D eigenvalue weighted by atomic mass is 9.89. The Labute approximate surface area is 155 Å². The Balaban J connectivity index is 1.89. The number of hydrogen-bond donors (Lipinski definition) is 0. The van der Waals surface area contributed by atoms with Crippen molar-refractivity contribution in [3.05, 3.63) is 52.3 Å². The van der Waals surface area contributed by atoms with Gasteiger partial charge in [-0.2, -0.15) is 0 Å². The standard InChI is InChI=1S/C21H27ClN2O/c1-15-12-21(16(2)24(15)19-9-7-18(22)8-10-19)17(14-25)13-20-6-4-5-11-23(20)3/h7-10,12,14,17,20H,4-6,11,13H2,1-3H3. The van der Waals surface area contributed by atoms with E-state index in [9.17, 15) is 4.79 Å². The second-order valence-electron chi connectivity index (χ2n) is 7.25. The van der Waals surface area contributed by atoms with E-state index >= 15 is 0 Å². The lowest BCUT2D eigenvalue weighted by Gasteiger charge is -2.33. The highest BCUT2D eigenvalue weighted by Gasteiger charge is 2.26. The fourth-order valence-corrected chi connectivity index (χ4v) is 4.27. The van der Waals surface area contributed by atoms with Gasteiger partial charge in [0.1, 0.15) is 6.29 Å². The van der Waals surface area contributed by atoms with Gasteiger partial charge in [0.05, 0.1) is 0 Å². The average Bonchev–Trinajstić information content (AvgIpc) is 2.90. The third kappa shape index (κ3) is 3.83. The van der Waals surface area contributed by atoms with Crippen LogP contribution in [0.3, 0.4) is 0 Å². The average molecular weight is 359 g/mol. The Morgan fingerprint density at radius 2 is 1.96 bits per heavy atom. The van der Waals surface area contributed by atoms with Crippen LogP contribution in [0, 0.1) is 13.8 Å². The molecule has 0 aliphatic carbocycles. The number of hydrogen-bond acceptors (Lipinski definition) is 2. The summed E-state index contributed by atoms with van der Waals surface area (Å²) >= 11 is 6.02. The molecule has 0 spiro atoms. The van der Waals surface area contributed by atoms with E-state index < -0.39 is 0 Å². The third-order valence-electron chi connectivity index (χ3n) is 5.57. The zero-order chi connectivity index (χ0) is 18.0. The van der Waals surface area contributed by atoms with Crippen LogP contribution in [0.25, 0.3) is 5.69 Å². The molecule has 1 aliphatic heterocycles. The largest absolute Gasteiger partial charge is 0.318 e. The van der Waals surface area contributed by atoms with Gasteiger partial charge in [-0.25, -0.2) is 0 Å². The molecule has 25 heavy (non-hydrogen) atoms. The van der Waals surface area contributed by atoms with Crippen LogP contribution < -0.4 is 0 Å². The second kappa shape index (κ2) is 7.76. The minimum Gasteiger partial charge on any atom is -0.318 e. The Morgan fingerprint density at radius 1 is 1.24 bits per heavy atom. The molecule has 4 heteroatoms. The maximum Gasteiger partial charge on any atom is 0.127 e. The summed E-state index contributed by atoms with van der Waals surface area (Å²) < 4.78 is 2.22. The molecule has 1 aromatic carbocycles. The first-order valence-electron chi connectivity index (χ1n) is 9.11. The van der Waals surface area contributed by atoms with Gasteiger partial charge in [0.15, 0.2) is 0 Å². The molecule has 2 heterocycles. The molecular formula is C21H27ClN2O. The molecular weight excluding hydrogens is 332 g/mol. The number of benzene rings is 1. The molecule has 3 nitrogen and oxygen atoms in total. The van der Waals surface area contributed by atoms with Gasteiger partial charge in [-0.3, -0.25) is 0 Å². The fourth-order valence-electron chi connectivity index (χ4n) is 4.14. The summed E-state index contributed by atoms with van der Waals surface area (Å²) in [7, 11) is 2.18. The summed E-state index contributed by atoms with van der Waals surface area (Å²) in [6.07, 6.45) is 5.77. The molecule has 1 aliphatic rings. The number of halogens is 1. The van der Waals surface area contributed by atoms with Crippen molar-refractivity contribution < 1.29 is 4.79 Å². The highest BCUT2D eigenvalue weighted by Crippen LogP contribution is 2.31. The van der Waals surface area contributed by atoms with E-state index in [1.807, 2.05) is 24.3 Å². The predicted molar refractivity (Wildman–Crippen MR) is 104 cm³/mol. The summed E-state index contributed by atoms with van der Waals surface area (Å²) in [5.74, 6) is -0.0437. The Hall–Kier alpha value is -1.58. The van der Waals surface area contributed by atoms with Crippen molar-refractivity contribution in [1.29, 1.82) is 0 Å². The zero-order valence-corrected chi connectivity index (χ0v) is 16.1. The van der Waals surface area contributed by atoms with Crippen LogP contribution in [0.4, 0.5) is 0 Å². The Morgan fingerprint density at radius 3 is 2.60 bits per heavy atom. The van der Waals surface area contributed by atoms with Crippen molar-refractivity contribution in [2.75, 3.05) is 13.6 Å². The number of likely N-dealkylation sites (tertiary alicyclic amines) is 1. The van der Waals surface area contributed by atoms with Crippen molar-refractivity contribution in [1.82, 2.24) is 9.47 Å². The van der Waals surface area contributed by atoms with Crippen molar-refractivity contribution in [2.45, 2.75) is 51.5 Å². The summed E-state index contributed by atoms with van der Waals surface area (Å²) in [6, 6.07) is 10.5. The molecule has 2 unspecified atom stereocenters. The Bertz CT molecular complexity index is 735. The molecule has 2 atom stereocenters. The summed E-state index contributed by atoms with van der Waals surface area (Å²) in [4.78, 5) is 14.3. The van der Waals surface area contributed by atoms with E-state index in [0.717, 1.165) is 46.9 Å². The highest BCUT2D eigenvalue weighted by molar-refractivity contribution is 6.30. The van der Waals surface area contributed by atoms with E-state index in [1.165, 1.54) is 19.3 Å². The van der Waals surface area contributed by atoms with Crippen LogP contribution in [0.5, 0.6) is 0 Å². The van der Waals surface area contributed by atoms with Crippen LogP contribution in [0.1, 0.15) is 48.6 Å². The molecule has 3 rings (SSSR count). The Kier molecular flexibility index (Phi) is 5.65. The van der Waals surface area contributed by atoms with Gasteiger partial charge < -0.3 is 14.3 Å². The van der Waals surface area contributed by atoms with Crippen molar-refractivity contribution in [3.63, 3.8) is 0 Å². The maximum absolute atomic E-state index is 11.9. The van der Waals surface area contributed by atoms with Crippen LogP contribution in [-0.2, 0) is 4.79 Å². The number of piperidine rings is 1. The quantitative estimate of drug-likeness (QED) is 0.710. The smallest absolute Gasteiger partial charge is 0.127 e. The van der Waals surface area contributed by atoms with Gasteiger partial charge in [0.25, 0.3) is 0 Å². The zero-order valence-electron chi connectivity index (χ0n) is 15.3. The first-order valence-corrected chi connectivity index (χ1v) is 9.49. The lowest BCUT2D eigenvalue weighted by molar-refractivity contribution is -0.109. The van der Waals surface area contributed by atoms with Gasteiger partial charge in [-0.05, 0) is 82.6 Å². The molecule has 0 N–H and O–H groups in total. The van der Waals surface area contributed by atoms with E-state index in [0.29, 0.717) is 6.04 Å². The first-order chi connectivity index (χ1) is 12.0. The second-order valence-corrected chi connectivity index (χ2v) is 7.68. The molecule has 1 aromatic heterocycles. The van der Waals surface area contributed by atoms with Gasteiger partial charge in [-0.1, -0.05) is 18.0 Å². The van der Waals surface area contributed by atoms with Gasteiger partial charge >= 0.3 is 0 Å². The highest BCUT2D eigenvalue weighted by atomic mass is 35.5. The molecule has 2 aromatic rings. The predicted octanol–water partition coefficient (Wildman–Crippen LogP) is 4.90. The summed E-state index contributed by atoms with van der Waals surface area (Å²) in [6.45, 7) is 5.35. The van der Waals surface area contributed by atoms with Crippen molar-refractivity contribution >= 4 is 17.9 Å². The van der Waals surface area contributed by atoms with Crippen molar-refractivity contribution in [2.24, 2.45) is 0 Å². The number of rotatable bonds is 5. The van der Waals surface area contributed by atoms with Crippen molar-refractivity contribution in [3.8, 4) is 5.69 Å². The number of aryl methyl sites for hydroxylation is 1.